The molecule has 1 aromatic heterocycles. The van der Waals surface area contributed by atoms with Crippen LogP contribution in [0.3, 0.4) is 0 Å². The fourth-order valence-corrected chi connectivity index (χ4v) is 3.29. The van der Waals surface area contributed by atoms with Crippen LogP contribution in [-0.2, 0) is 9.59 Å². The highest BCUT2D eigenvalue weighted by molar-refractivity contribution is 9.10. The van der Waals surface area contributed by atoms with Gasteiger partial charge in [-0.05, 0) is 18.6 Å². The maximum absolute atomic E-state index is 12.1. The average molecular weight is 425 g/mol. The molecule has 2 amide bonds. The summed E-state index contributed by atoms with van der Waals surface area (Å²) in [6.07, 6.45) is 1.58. The molecule has 25 heavy (non-hydrogen) atoms. The fourth-order valence-electron chi connectivity index (χ4n) is 2.26. The Balaban J connectivity index is 1.90. The second kappa shape index (κ2) is 9.62. The quantitative estimate of drug-likeness (QED) is 0.695. The zero-order valence-corrected chi connectivity index (χ0v) is 16.7. The topological polar surface area (TPSA) is 75.2 Å². The molecular formula is C17H21BrN4O2S. The third-order valence-electron chi connectivity index (χ3n) is 3.52. The summed E-state index contributed by atoms with van der Waals surface area (Å²) in [7, 11) is 0. The fraction of sp³-hybridized carbons (Fsp3) is 0.412. The van der Waals surface area contributed by atoms with E-state index in [1.54, 1.807) is 4.90 Å². The maximum Gasteiger partial charge on any atom is 0.227 e. The van der Waals surface area contributed by atoms with Crippen LogP contribution in [0.25, 0.3) is 10.6 Å². The summed E-state index contributed by atoms with van der Waals surface area (Å²) >= 11 is 4.72. The summed E-state index contributed by atoms with van der Waals surface area (Å²) in [5.41, 5.74) is 0.948. The molecule has 1 N–H and O–H groups in total. The number of amides is 2. The van der Waals surface area contributed by atoms with Crippen molar-refractivity contribution in [2.75, 3.05) is 18.4 Å². The van der Waals surface area contributed by atoms with Crippen LogP contribution in [0.4, 0.5) is 5.13 Å². The molecule has 6 nitrogen and oxygen atoms in total. The Labute approximate surface area is 159 Å². The Hall–Kier alpha value is -1.80. The molecule has 8 heteroatoms. The maximum atomic E-state index is 12.1. The van der Waals surface area contributed by atoms with E-state index in [1.807, 2.05) is 38.1 Å². The molecule has 0 spiro atoms. The number of benzene rings is 1. The van der Waals surface area contributed by atoms with Gasteiger partial charge in [0.05, 0.1) is 0 Å². The molecule has 0 bridgehead atoms. The number of nitrogens with one attached hydrogen (secondary N) is 1. The van der Waals surface area contributed by atoms with Crippen LogP contribution in [0.15, 0.2) is 28.7 Å². The molecule has 0 aliphatic heterocycles. The van der Waals surface area contributed by atoms with Crippen molar-refractivity contribution in [3.05, 3.63) is 28.7 Å². The van der Waals surface area contributed by atoms with Crippen molar-refractivity contribution in [1.29, 1.82) is 0 Å². The van der Waals surface area contributed by atoms with E-state index in [1.165, 1.54) is 11.3 Å². The second-order valence-electron chi connectivity index (χ2n) is 5.45. The monoisotopic (exact) mass is 424 g/mol. The van der Waals surface area contributed by atoms with Gasteiger partial charge in [-0.15, -0.1) is 10.2 Å². The largest absolute Gasteiger partial charge is 0.342 e. The predicted molar refractivity (Wildman–Crippen MR) is 103 cm³/mol. The van der Waals surface area contributed by atoms with Gasteiger partial charge < -0.3 is 10.2 Å². The van der Waals surface area contributed by atoms with Crippen LogP contribution >= 0.6 is 27.3 Å². The van der Waals surface area contributed by atoms with Gasteiger partial charge >= 0.3 is 0 Å². The van der Waals surface area contributed by atoms with Crippen LogP contribution in [-0.4, -0.2) is 40.0 Å². The lowest BCUT2D eigenvalue weighted by molar-refractivity contribution is -0.131. The van der Waals surface area contributed by atoms with Crippen molar-refractivity contribution < 1.29 is 9.59 Å². The van der Waals surface area contributed by atoms with E-state index in [2.05, 4.69) is 31.4 Å². The number of anilines is 1. The van der Waals surface area contributed by atoms with Crippen molar-refractivity contribution in [2.45, 2.75) is 33.1 Å². The first-order valence-electron chi connectivity index (χ1n) is 8.20. The molecule has 0 saturated heterocycles. The number of carbonyl (C=O) groups is 2. The minimum absolute atomic E-state index is 0.0723. The van der Waals surface area contributed by atoms with Gasteiger partial charge in [0, 0.05) is 36.0 Å². The molecule has 0 radical (unpaired) electrons. The molecule has 2 aromatic rings. The molecule has 0 unspecified atom stereocenters. The lowest BCUT2D eigenvalue weighted by Gasteiger charge is -2.21. The Morgan fingerprint density at radius 2 is 1.88 bits per heavy atom. The molecule has 134 valence electrons. The normalized spacial score (nSPS) is 10.5. The molecule has 0 saturated carbocycles. The summed E-state index contributed by atoms with van der Waals surface area (Å²) in [4.78, 5) is 25.7. The number of hydrogen-bond acceptors (Lipinski definition) is 5. The number of aromatic nitrogens is 2. The summed E-state index contributed by atoms with van der Waals surface area (Å²) in [5, 5.41) is 12.1. The Morgan fingerprint density at radius 1 is 1.16 bits per heavy atom. The van der Waals surface area contributed by atoms with E-state index >= 15 is 0 Å². The number of hydrogen-bond donors (Lipinski definition) is 1. The van der Waals surface area contributed by atoms with Crippen molar-refractivity contribution in [1.82, 2.24) is 15.1 Å². The molecule has 0 atom stereocenters. The van der Waals surface area contributed by atoms with E-state index < -0.39 is 0 Å². The van der Waals surface area contributed by atoms with Gasteiger partial charge in [-0.2, -0.15) is 0 Å². The lowest BCUT2D eigenvalue weighted by Crippen LogP contribution is -2.33. The minimum atomic E-state index is -0.163. The van der Waals surface area contributed by atoms with Gasteiger partial charge in [-0.3, -0.25) is 9.59 Å². The van der Waals surface area contributed by atoms with Gasteiger partial charge in [-0.25, -0.2) is 0 Å². The Morgan fingerprint density at radius 3 is 2.52 bits per heavy atom. The van der Waals surface area contributed by atoms with Crippen LogP contribution in [0.2, 0.25) is 0 Å². The van der Waals surface area contributed by atoms with Crippen LogP contribution in [0.5, 0.6) is 0 Å². The first-order valence-corrected chi connectivity index (χ1v) is 9.81. The third-order valence-corrected chi connectivity index (χ3v) is 4.94. The predicted octanol–water partition coefficient (Wildman–Crippen LogP) is 3.94. The van der Waals surface area contributed by atoms with Crippen molar-refractivity contribution in [3.63, 3.8) is 0 Å². The minimum Gasteiger partial charge on any atom is -0.342 e. The van der Waals surface area contributed by atoms with Gasteiger partial charge in [-0.1, -0.05) is 53.2 Å². The summed E-state index contributed by atoms with van der Waals surface area (Å²) in [5.74, 6) is -0.0911. The molecule has 2 rings (SSSR count). The Bertz CT molecular complexity index is 718. The van der Waals surface area contributed by atoms with E-state index in [-0.39, 0.29) is 18.2 Å². The standard InChI is InChI=1S/C17H21BrN4O2S/c1-3-10-22(15(24)4-2)11-9-14(23)19-17-21-20-16(25-17)12-5-7-13(18)8-6-12/h5-8H,3-4,9-11H2,1-2H3,(H,19,21,23). The first-order chi connectivity index (χ1) is 12.0. The van der Waals surface area contributed by atoms with Crippen LogP contribution < -0.4 is 5.32 Å². The number of carbonyl (C=O) groups excluding carboxylic acids is 2. The SMILES string of the molecule is CCCN(CCC(=O)Nc1nnc(-c2ccc(Br)cc2)s1)C(=O)CC. The molecular weight excluding hydrogens is 404 g/mol. The highest BCUT2D eigenvalue weighted by Crippen LogP contribution is 2.27. The van der Waals surface area contributed by atoms with E-state index in [4.69, 9.17) is 0 Å². The summed E-state index contributed by atoms with van der Waals surface area (Å²) in [6, 6.07) is 7.74. The highest BCUT2D eigenvalue weighted by Gasteiger charge is 2.14. The summed E-state index contributed by atoms with van der Waals surface area (Å²) < 4.78 is 0.993. The van der Waals surface area contributed by atoms with Crippen molar-refractivity contribution >= 4 is 44.2 Å². The molecule has 0 aliphatic rings. The average Bonchev–Trinajstić information content (AvgIpc) is 3.06. The smallest absolute Gasteiger partial charge is 0.227 e. The molecule has 0 fully saturated rings. The third kappa shape index (κ3) is 5.89. The van der Waals surface area contributed by atoms with Crippen LogP contribution in [0, 0.1) is 0 Å². The molecule has 1 heterocycles. The van der Waals surface area contributed by atoms with Crippen LogP contribution in [0.1, 0.15) is 33.1 Å². The van der Waals surface area contributed by atoms with E-state index in [0.29, 0.717) is 24.6 Å². The number of nitrogens with zero attached hydrogens (tertiary/aromatic N) is 3. The van der Waals surface area contributed by atoms with Gasteiger partial charge in [0.1, 0.15) is 5.01 Å². The zero-order valence-electron chi connectivity index (χ0n) is 14.3. The van der Waals surface area contributed by atoms with E-state index in [9.17, 15) is 9.59 Å². The highest BCUT2D eigenvalue weighted by atomic mass is 79.9. The lowest BCUT2D eigenvalue weighted by atomic mass is 10.2. The van der Waals surface area contributed by atoms with Crippen molar-refractivity contribution in [3.8, 4) is 10.6 Å². The molecule has 1 aromatic carbocycles. The van der Waals surface area contributed by atoms with Gasteiger partial charge in [0.15, 0.2) is 0 Å². The zero-order chi connectivity index (χ0) is 18.2. The molecule has 0 aliphatic carbocycles. The van der Waals surface area contributed by atoms with Gasteiger partial charge in [0.25, 0.3) is 0 Å². The second-order valence-corrected chi connectivity index (χ2v) is 7.34. The van der Waals surface area contributed by atoms with Gasteiger partial charge in [0.2, 0.25) is 16.9 Å². The number of halogens is 1. The Kier molecular flexibility index (Phi) is 7.52. The van der Waals surface area contributed by atoms with Crippen molar-refractivity contribution in [2.24, 2.45) is 0 Å². The summed E-state index contributed by atoms with van der Waals surface area (Å²) in [6.45, 7) is 4.94. The van der Waals surface area contributed by atoms with E-state index in [0.717, 1.165) is 21.5 Å². The first kappa shape index (κ1) is 19.5. The number of rotatable bonds is 8.